The number of aromatic nitrogens is 1. The molecule has 0 spiro atoms. The Hall–Kier alpha value is -2.07. The second-order valence-corrected chi connectivity index (χ2v) is 4.25. The zero-order chi connectivity index (χ0) is 13.8. The van der Waals surface area contributed by atoms with Crippen LogP contribution in [0.25, 0.3) is 0 Å². The van der Waals surface area contributed by atoms with E-state index in [2.05, 4.69) is 4.98 Å². The predicted molar refractivity (Wildman–Crippen MR) is 72.6 cm³/mol. The van der Waals surface area contributed by atoms with E-state index in [1.54, 1.807) is 25.4 Å². The predicted octanol–water partition coefficient (Wildman–Crippen LogP) is 2.49. The molecular formula is C15H17NO3. The van der Waals surface area contributed by atoms with Gasteiger partial charge in [-0.1, -0.05) is 11.6 Å². The molecule has 0 saturated carbocycles. The maximum Gasteiger partial charge on any atom is 0.219 e. The lowest BCUT2D eigenvalue weighted by atomic mass is 10.00. The number of hydrogen-bond donors (Lipinski definition) is 1. The molecule has 0 aliphatic heterocycles. The fourth-order valence-corrected chi connectivity index (χ4v) is 2.02. The van der Waals surface area contributed by atoms with Gasteiger partial charge in [0.05, 0.1) is 14.2 Å². The van der Waals surface area contributed by atoms with E-state index in [4.69, 9.17) is 9.47 Å². The van der Waals surface area contributed by atoms with Crippen LogP contribution in [0.1, 0.15) is 22.8 Å². The molecule has 2 aromatic rings. The Morgan fingerprint density at radius 3 is 2.58 bits per heavy atom. The highest BCUT2D eigenvalue weighted by molar-refractivity contribution is 5.44. The van der Waals surface area contributed by atoms with E-state index in [1.807, 2.05) is 25.1 Å². The summed E-state index contributed by atoms with van der Waals surface area (Å²) < 4.78 is 10.5. The van der Waals surface area contributed by atoms with Crippen LogP contribution >= 0.6 is 0 Å². The van der Waals surface area contributed by atoms with Gasteiger partial charge < -0.3 is 14.6 Å². The molecule has 0 aliphatic rings. The number of aliphatic hydroxyl groups excluding tert-OH is 1. The molecule has 0 radical (unpaired) electrons. The third kappa shape index (κ3) is 2.69. The summed E-state index contributed by atoms with van der Waals surface area (Å²) in [7, 11) is 3.12. The molecule has 2 rings (SSSR count). The van der Waals surface area contributed by atoms with Crippen LogP contribution in [0.15, 0.2) is 36.5 Å². The summed E-state index contributed by atoms with van der Waals surface area (Å²) in [6.07, 6.45) is 0.793. The molecule has 1 heterocycles. The van der Waals surface area contributed by atoms with Gasteiger partial charge in [0.25, 0.3) is 0 Å². The van der Waals surface area contributed by atoms with Crippen molar-refractivity contribution >= 4 is 0 Å². The Labute approximate surface area is 112 Å². The van der Waals surface area contributed by atoms with Crippen LogP contribution in [-0.2, 0) is 0 Å². The minimum Gasteiger partial charge on any atom is -0.496 e. The minimum atomic E-state index is -0.835. The summed E-state index contributed by atoms with van der Waals surface area (Å²) in [5.41, 5.74) is 2.38. The monoisotopic (exact) mass is 259 g/mol. The molecule has 0 saturated heterocycles. The van der Waals surface area contributed by atoms with Gasteiger partial charge in [0.1, 0.15) is 11.9 Å². The third-order valence-corrected chi connectivity index (χ3v) is 2.97. The molecule has 1 aromatic heterocycles. The van der Waals surface area contributed by atoms with Gasteiger partial charge in [-0.2, -0.15) is 0 Å². The minimum absolute atomic E-state index is 0.415. The molecule has 4 heteroatoms. The number of pyridine rings is 1. The Bertz CT molecular complexity index is 569. The van der Waals surface area contributed by atoms with Crippen LogP contribution in [0, 0.1) is 6.92 Å². The first-order valence-electron chi connectivity index (χ1n) is 5.99. The normalized spacial score (nSPS) is 12.0. The van der Waals surface area contributed by atoms with Crippen molar-refractivity contribution in [1.82, 2.24) is 4.98 Å². The van der Waals surface area contributed by atoms with E-state index in [1.165, 1.54) is 7.11 Å². The van der Waals surface area contributed by atoms with Crippen molar-refractivity contribution in [2.24, 2.45) is 0 Å². The van der Waals surface area contributed by atoms with E-state index in [0.717, 1.165) is 5.56 Å². The number of aryl methyl sites for hydroxylation is 1. The van der Waals surface area contributed by atoms with E-state index >= 15 is 0 Å². The van der Waals surface area contributed by atoms with Gasteiger partial charge in [-0.3, -0.25) is 0 Å². The molecule has 0 amide bonds. The van der Waals surface area contributed by atoms with Gasteiger partial charge >= 0.3 is 0 Å². The average molecular weight is 259 g/mol. The van der Waals surface area contributed by atoms with Crippen molar-refractivity contribution in [3.8, 4) is 11.6 Å². The first-order valence-corrected chi connectivity index (χ1v) is 5.99. The highest BCUT2D eigenvalue weighted by Gasteiger charge is 2.19. The molecule has 4 nitrogen and oxygen atoms in total. The number of nitrogens with zero attached hydrogens (tertiary/aromatic N) is 1. The standard InChI is InChI=1S/C15H17NO3/c1-10-6-7-13(18-2)12(9-10)14(17)11-5-4-8-16-15(11)19-3/h4-9,14,17H,1-3H3. The number of benzene rings is 1. The van der Waals surface area contributed by atoms with Crippen molar-refractivity contribution < 1.29 is 14.6 Å². The molecule has 1 aromatic carbocycles. The number of hydrogen-bond acceptors (Lipinski definition) is 4. The van der Waals surface area contributed by atoms with E-state index in [9.17, 15) is 5.11 Å². The second kappa shape index (κ2) is 5.71. The largest absolute Gasteiger partial charge is 0.496 e. The molecular weight excluding hydrogens is 242 g/mol. The molecule has 1 unspecified atom stereocenters. The molecule has 1 atom stereocenters. The van der Waals surface area contributed by atoms with E-state index in [-0.39, 0.29) is 0 Å². The Balaban J connectivity index is 2.49. The van der Waals surface area contributed by atoms with Gasteiger partial charge in [-0.15, -0.1) is 0 Å². The lowest BCUT2D eigenvalue weighted by Crippen LogP contribution is -2.05. The van der Waals surface area contributed by atoms with Crippen LogP contribution in [0.4, 0.5) is 0 Å². The molecule has 0 bridgehead atoms. The second-order valence-electron chi connectivity index (χ2n) is 4.25. The van der Waals surface area contributed by atoms with Crippen molar-refractivity contribution in [1.29, 1.82) is 0 Å². The molecule has 0 fully saturated rings. The van der Waals surface area contributed by atoms with Crippen LogP contribution in [-0.4, -0.2) is 24.3 Å². The van der Waals surface area contributed by atoms with Gasteiger partial charge in [0.2, 0.25) is 5.88 Å². The summed E-state index contributed by atoms with van der Waals surface area (Å²) >= 11 is 0. The maximum atomic E-state index is 10.5. The molecule has 19 heavy (non-hydrogen) atoms. The van der Waals surface area contributed by atoms with Gasteiger partial charge in [0.15, 0.2) is 0 Å². The van der Waals surface area contributed by atoms with Crippen LogP contribution < -0.4 is 9.47 Å². The number of ether oxygens (including phenoxy) is 2. The Kier molecular flexibility index (Phi) is 4.02. The van der Waals surface area contributed by atoms with Crippen LogP contribution in [0.3, 0.4) is 0 Å². The highest BCUT2D eigenvalue weighted by atomic mass is 16.5. The topological polar surface area (TPSA) is 51.6 Å². The first-order chi connectivity index (χ1) is 9.17. The molecule has 0 aliphatic carbocycles. The van der Waals surface area contributed by atoms with E-state index < -0.39 is 6.10 Å². The van der Waals surface area contributed by atoms with Gasteiger partial charge in [0, 0.05) is 17.3 Å². The first kappa shape index (κ1) is 13.4. The Morgan fingerprint density at radius 2 is 1.89 bits per heavy atom. The fraction of sp³-hybridized carbons (Fsp3) is 0.267. The lowest BCUT2D eigenvalue weighted by molar-refractivity contribution is 0.208. The van der Waals surface area contributed by atoms with Crippen molar-refractivity contribution in [3.05, 3.63) is 53.2 Å². The number of aliphatic hydroxyl groups is 1. The van der Waals surface area contributed by atoms with Crippen molar-refractivity contribution in [2.45, 2.75) is 13.0 Å². The highest BCUT2D eigenvalue weighted by Crippen LogP contribution is 2.33. The van der Waals surface area contributed by atoms with Crippen LogP contribution in [0.2, 0.25) is 0 Å². The molecule has 1 N–H and O–H groups in total. The lowest BCUT2D eigenvalue weighted by Gasteiger charge is -2.17. The summed E-state index contributed by atoms with van der Waals surface area (Å²) in [6.45, 7) is 1.97. The summed E-state index contributed by atoms with van der Waals surface area (Å²) in [6, 6.07) is 9.24. The Morgan fingerprint density at radius 1 is 1.11 bits per heavy atom. The zero-order valence-corrected chi connectivity index (χ0v) is 11.3. The van der Waals surface area contributed by atoms with Gasteiger partial charge in [-0.25, -0.2) is 4.98 Å². The number of rotatable bonds is 4. The third-order valence-electron chi connectivity index (χ3n) is 2.97. The smallest absolute Gasteiger partial charge is 0.219 e. The summed E-state index contributed by atoms with van der Waals surface area (Å²) in [5, 5.41) is 10.5. The van der Waals surface area contributed by atoms with E-state index in [0.29, 0.717) is 22.8 Å². The van der Waals surface area contributed by atoms with Crippen LogP contribution in [0.5, 0.6) is 11.6 Å². The van der Waals surface area contributed by atoms with Crippen molar-refractivity contribution in [3.63, 3.8) is 0 Å². The van der Waals surface area contributed by atoms with Crippen molar-refractivity contribution in [2.75, 3.05) is 14.2 Å². The van der Waals surface area contributed by atoms with Gasteiger partial charge in [-0.05, 0) is 31.2 Å². The quantitative estimate of drug-likeness (QED) is 0.916. The average Bonchev–Trinajstić information content (AvgIpc) is 2.46. The SMILES string of the molecule is COc1ccc(C)cc1C(O)c1cccnc1OC. The fourth-order valence-electron chi connectivity index (χ4n) is 2.02. The number of methoxy groups -OCH3 is 2. The molecule has 100 valence electrons. The zero-order valence-electron chi connectivity index (χ0n) is 11.3. The summed E-state index contributed by atoms with van der Waals surface area (Å²) in [4.78, 5) is 4.10. The summed E-state index contributed by atoms with van der Waals surface area (Å²) in [5.74, 6) is 1.06. The maximum absolute atomic E-state index is 10.5.